The summed E-state index contributed by atoms with van der Waals surface area (Å²) < 4.78 is 5.27. The Morgan fingerprint density at radius 3 is 2.08 bits per heavy atom. The molecule has 13 heavy (non-hydrogen) atoms. The lowest BCUT2D eigenvalue weighted by Crippen LogP contribution is -2.44. The molecule has 3 heteroatoms. The van der Waals surface area contributed by atoms with Crippen molar-refractivity contribution < 1.29 is 9.84 Å². The molecule has 0 heterocycles. The highest BCUT2D eigenvalue weighted by Gasteiger charge is 2.36. The Bertz CT molecular complexity index is 157. The summed E-state index contributed by atoms with van der Waals surface area (Å²) >= 11 is 5.76. The quantitative estimate of drug-likeness (QED) is 0.704. The highest BCUT2D eigenvalue weighted by Crippen LogP contribution is 2.30. The molecule has 0 fully saturated rings. The van der Waals surface area contributed by atoms with Gasteiger partial charge in [0.05, 0.1) is 17.1 Å². The summed E-state index contributed by atoms with van der Waals surface area (Å²) in [5.41, 5.74) is -1.16. The maximum atomic E-state index is 10.2. The van der Waals surface area contributed by atoms with Crippen LogP contribution in [0.3, 0.4) is 0 Å². The number of methoxy groups -OCH3 is 1. The maximum Gasteiger partial charge on any atom is 0.0832 e. The van der Waals surface area contributed by atoms with Gasteiger partial charge in [0.2, 0.25) is 0 Å². The number of halogens is 1. The van der Waals surface area contributed by atoms with Gasteiger partial charge in [-0.25, -0.2) is 0 Å². The SMILES string of the molecule is COC(C)(C)CC(O)(CCl)C(C)C. The lowest BCUT2D eigenvalue weighted by Gasteiger charge is -2.37. The molecule has 0 aromatic heterocycles. The van der Waals surface area contributed by atoms with Crippen LogP contribution in [0.25, 0.3) is 0 Å². The molecule has 2 nitrogen and oxygen atoms in total. The third-order valence-corrected chi connectivity index (χ3v) is 3.05. The van der Waals surface area contributed by atoms with Gasteiger partial charge in [-0.2, -0.15) is 0 Å². The third kappa shape index (κ3) is 3.84. The molecule has 1 unspecified atom stereocenters. The van der Waals surface area contributed by atoms with Gasteiger partial charge in [0, 0.05) is 13.5 Å². The monoisotopic (exact) mass is 208 g/mol. The second kappa shape index (κ2) is 4.63. The van der Waals surface area contributed by atoms with Crippen LogP contribution in [0, 0.1) is 5.92 Å². The van der Waals surface area contributed by atoms with Gasteiger partial charge in [0.1, 0.15) is 0 Å². The Kier molecular flexibility index (Phi) is 4.70. The molecule has 0 rings (SSSR count). The lowest BCUT2D eigenvalue weighted by molar-refractivity contribution is -0.0770. The zero-order chi connectivity index (χ0) is 10.7. The maximum absolute atomic E-state index is 10.2. The minimum Gasteiger partial charge on any atom is -0.388 e. The van der Waals surface area contributed by atoms with E-state index in [1.165, 1.54) is 0 Å². The number of aliphatic hydroxyl groups is 1. The first-order valence-corrected chi connectivity index (χ1v) is 5.14. The molecule has 0 spiro atoms. The summed E-state index contributed by atoms with van der Waals surface area (Å²) in [5, 5.41) is 10.2. The molecule has 0 amide bonds. The van der Waals surface area contributed by atoms with E-state index in [1.807, 2.05) is 27.7 Å². The van der Waals surface area contributed by atoms with Crippen molar-refractivity contribution in [2.24, 2.45) is 5.92 Å². The van der Waals surface area contributed by atoms with E-state index in [-0.39, 0.29) is 17.4 Å². The summed E-state index contributed by atoms with van der Waals surface area (Å²) in [6, 6.07) is 0. The van der Waals surface area contributed by atoms with Gasteiger partial charge in [-0.15, -0.1) is 11.6 Å². The van der Waals surface area contributed by atoms with Crippen molar-refractivity contribution in [2.45, 2.75) is 45.3 Å². The first-order chi connectivity index (χ1) is 5.77. The van der Waals surface area contributed by atoms with Crippen molar-refractivity contribution in [1.82, 2.24) is 0 Å². The largest absolute Gasteiger partial charge is 0.388 e. The first-order valence-electron chi connectivity index (χ1n) is 4.61. The zero-order valence-electron chi connectivity index (χ0n) is 9.22. The highest BCUT2D eigenvalue weighted by atomic mass is 35.5. The fourth-order valence-corrected chi connectivity index (χ4v) is 1.62. The van der Waals surface area contributed by atoms with Gasteiger partial charge in [-0.05, 0) is 19.8 Å². The van der Waals surface area contributed by atoms with E-state index >= 15 is 0 Å². The van der Waals surface area contributed by atoms with E-state index in [9.17, 15) is 5.11 Å². The van der Waals surface area contributed by atoms with E-state index < -0.39 is 5.60 Å². The van der Waals surface area contributed by atoms with Crippen LogP contribution in [-0.4, -0.2) is 29.3 Å². The van der Waals surface area contributed by atoms with E-state index in [0.717, 1.165) is 0 Å². The van der Waals surface area contributed by atoms with Gasteiger partial charge in [-0.3, -0.25) is 0 Å². The van der Waals surface area contributed by atoms with Gasteiger partial charge in [0.15, 0.2) is 0 Å². The van der Waals surface area contributed by atoms with Crippen LogP contribution in [0.2, 0.25) is 0 Å². The molecule has 0 bridgehead atoms. The molecule has 0 aromatic carbocycles. The molecule has 0 radical (unpaired) electrons. The normalized spacial score (nSPS) is 17.5. The Labute approximate surface area is 86.2 Å². The average molecular weight is 209 g/mol. The number of hydrogen-bond donors (Lipinski definition) is 1. The Hall–Kier alpha value is 0.210. The number of rotatable bonds is 5. The first kappa shape index (κ1) is 13.2. The summed E-state index contributed by atoms with van der Waals surface area (Å²) in [7, 11) is 1.65. The van der Waals surface area contributed by atoms with Crippen molar-refractivity contribution >= 4 is 11.6 Å². The predicted molar refractivity (Wildman–Crippen MR) is 56.2 cm³/mol. The van der Waals surface area contributed by atoms with Crippen molar-refractivity contribution in [2.75, 3.05) is 13.0 Å². The Balaban J connectivity index is 4.44. The summed E-state index contributed by atoms with van der Waals surface area (Å²) in [6.07, 6.45) is 0.553. The van der Waals surface area contributed by atoms with Gasteiger partial charge < -0.3 is 9.84 Å². The molecule has 0 aliphatic heterocycles. The lowest BCUT2D eigenvalue weighted by atomic mass is 9.82. The number of alkyl halides is 1. The predicted octanol–water partition coefficient (Wildman–Crippen LogP) is 2.43. The molecule has 0 saturated heterocycles. The van der Waals surface area contributed by atoms with Crippen LogP contribution >= 0.6 is 11.6 Å². The molecule has 1 N–H and O–H groups in total. The molecule has 0 aromatic rings. The smallest absolute Gasteiger partial charge is 0.0832 e. The van der Waals surface area contributed by atoms with Crippen LogP contribution in [0.1, 0.15) is 34.1 Å². The zero-order valence-corrected chi connectivity index (χ0v) is 9.98. The van der Waals surface area contributed by atoms with Crippen LogP contribution in [-0.2, 0) is 4.74 Å². The van der Waals surface area contributed by atoms with Crippen molar-refractivity contribution in [3.8, 4) is 0 Å². The van der Waals surface area contributed by atoms with Crippen molar-refractivity contribution in [1.29, 1.82) is 0 Å². The van der Waals surface area contributed by atoms with Crippen LogP contribution in [0.5, 0.6) is 0 Å². The fourth-order valence-electron chi connectivity index (χ4n) is 1.22. The van der Waals surface area contributed by atoms with E-state index in [4.69, 9.17) is 16.3 Å². The molecule has 0 saturated carbocycles. The second-order valence-corrected chi connectivity index (χ2v) is 4.80. The average Bonchev–Trinajstić information content (AvgIpc) is 2.03. The minimum atomic E-state index is -0.832. The number of hydrogen-bond acceptors (Lipinski definition) is 2. The Morgan fingerprint density at radius 2 is 1.85 bits per heavy atom. The summed E-state index contributed by atoms with van der Waals surface area (Å²) in [5.74, 6) is 0.386. The second-order valence-electron chi connectivity index (χ2n) is 4.53. The fraction of sp³-hybridized carbons (Fsp3) is 1.00. The van der Waals surface area contributed by atoms with E-state index in [0.29, 0.717) is 6.42 Å². The van der Waals surface area contributed by atoms with E-state index in [2.05, 4.69) is 0 Å². The topological polar surface area (TPSA) is 29.5 Å². The molecule has 80 valence electrons. The molecule has 0 aliphatic rings. The summed E-state index contributed by atoms with van der Waals surface area (Å²) in [4.78, 5) is 0. The summed E-state index contributed by atoms with van der Waals surface area (Å²) in [6.45, 7) is 7.84. The van der Waals surface area contributed by atoms with Gasteiger partial charge >= 0.3 is 0 Å². The number of ether oxygens (including phenoxy) is 1. The Morgan fingerprint density at radius 1 is 1.38 bits per heavy atom. The van der Waals surface area contributed by atoms with Crippen LogP contribution in [0.4, 0.5) is 0 Å². The van der Waals surface area contributed by atoms with Gasteiger partial charge in [0.25, 0.3) is 0 Å². The highest BCUT2D eigenvalue weighted by molar-refractivity contribution is 6.18. The van der Waals surface area contributed by atoms with Crippen LogP contribution in [0.15, 0.2) is 0 Å². The van der Waals surface area contributed by atoms with Crippen LogP contribution < -0.4 is 0 Å². The van der Waals surface area contributed by atoms with Crippen molar-refractivity contribution in [3.05, 3.63) is 0 Å². The third-order valence-electron chi connectivity index (χ3n) is 2.59. The minimum absolute atomic E-state index is 0.138. The molecule has 1 atom stereocenters. The molecule has 0 aliphatic carbocycles. The van der Waals surface area contributed by atoms with Gasteiger partial charge in [-0.1, -0.05) is 13.8 Å². The standard InChI is InChI=1S/C10H21ClO2/c1-8(2)10(12,7-11)6-9(3,4)13-5/h8,12H,6-7H2,1-5H3. The van der Waals surface area contributed by atoms with E-state index in [1.54, 1.807) is 7.11 Å². The molecular weight excluding hydrogens is 188 g/mol. The molecular formula is C10H21ClO2. The van der Waals surface area contributed by atoms with Crippen molar-refractivity contribution in [3.63, 3.8) is 0 Å².